The highest BCUT2D eigenvalue weighted by Crippen LogP contribution is 2.56. The largest absolute Gasteiger partial charge is 0.469 e. The van der Waals surface area contributed by atoms with E-state index in [0.29, 0.717) is 12.0 Å². The Morgan fingerprint density at radius 2 is 1.81 bits per heavy atom. The van der Waals surface area contributed by atoms with Gasteiger partial charge in [-0.2, -0.15) is 4.98 Å². The first kappa shape index (κ1) is 44.4. The molecular formula is C33H40IN9O14P2. The van der Waals surface area contributed by atoms with Crippen molar-refractivity contribution in [1.29, 1.82) is 0 Å². The topological polar surface area (TPSA) is 338 Å². The Balaban J connectivity index is 1.28. The van der Waals surface area contributed by atoms with Crippen LogP contribution in [0.4, 0.5) is 11.6 Å². The highest BCUT2D eigenvalue weighted by atomic mass is 127. The number of hydrogen-bond donors (Lipinski definition) is 7. The number of hydrogen-bond acceptors (Lipinski definition) is 17. The molecule has 5 heterocycles. The molecule has 2 saturated heterocycles. The lowest BCUT2D eigenvalue weighted by molar-refractivity contribution is -0.160. The molecule has 59 heavy (non-hydrogen) atoms. The Kier molecular flexibility index (Phi) is 14.0. The summed E-state index contributed by atoms with van der Waals surface area (Å²) in [4.78, 5) is 85.6. The molecule has 2 aliphatic rings. The van der Waals surface area contributed by atoms with Crippen LogP contribution in [0, 0.1) is 3.57 Å². The van der Waals surface area contributed by atoms with Crippen molar-refractivity contribution in [3.05, 3.63) is 81.5 Å². The van der Waals surface area contributed by atoms with Crippen LogP contribution in [0.15, 0.2) is 66.6 Å². The molecule has 0 bridgehead atoms. The molecule has 2 unspecified atom stereocenters. The molecule has 1 amide bonds. The van der Waals surface area contributed by atoms with Gasteiger partial charge in [0.15, 0.2) is 23.8 Å². The predicted molar refractivity (Wildman–Crippen MR) is 213 cm³/mol. The molecule has 0 saturated carbocycles. The first-order valence-electron chi connectivity index (χ1n) is 17.7. The number of halogens is 1. The predicted octanol–water partition coefficient (Wildman–Crippen LogP) is 0.683. The maximum absolute atomic E-state index is 14.1. The highest BCUT2D eigenvalue weighted by molar-refractivity contribution is 14.1. The van der Waals surface area contributed by atoms with Crippen molar-refractivity contribution in [1.82, 2.24) is 34.4 Å². The molecule has 0 radical (unpaired) electrons. The molecule has 23 nitrogen and oxygen atoms in total. The number of nitrogens with zero attached hydrogens (tertiary/aromatic N) is 6. The van der Waals surface area contributed by atoms with E-state index in [0.717, 1.165) is 14.5 Å². The van der Waals surface area contributed by atoms with E-state index in [-0.39, 0.29) is 35.6 Å². The number of benzene rings is 1. The first-order valence-corrected chi connectivity index (χ1v) is 22.0. The van der Waals surface area contributed by atoms with Gasteiger partial charge in [-0.15, -0.1) is 6.58 Å². The number of phosphoric ester groups is 1. The van der Waals surface area contributed by atoms with Crippen LogP contribution in [0.2, 0.25) is 0 Å². The number of nitrogens with one attached hydrogen (secondary N) is 1. The molecule has 2 aliphatic heterocycles. The quantitative estimate of drug-likeness (QED) is 0.0331. The number of esters is 1. The zero-order valence-corrected chi connectivity index (χ0v) is 34.7. The van der Waals surface area contributed by atoms with Crippen molar-refractivity contribution >= 4 is 72.7 Å². The molecule has 6 rings (SSSR count). The number of carbonyl (C=O) groups is 2. The van der Waals surface area contributed by atoms with Crippen molar-refractivity contribution in [2.45, 2.75) is 74.3 Å². The van der Waals surface area contributed by atoms with Crippen molar-refractivity contribution in [3.63, 3.8) is 0 Å². The minimum atomic E-state index is -5.11. The van der Waals surface area contributed by atoms with E-state index >= 15 is 0 Å². The van der Waals surface area contributed by atoms with Gasteiger partial charge in [0, 0.05) is 29.0 Å². The van der Waals surface area contributed by atoms with Crippen molar-refractivity contribution in [2.75, 3.05) is 24.7 Å². The van der Waals surface area contributed by atoms with Gasteiger partial charge in [0.25, 0.3) is 0 Å². The minimum Gasteiger partial charge on any atom is -0.455 e. The zero-order valence-electron chi connectivity index (χ0n) is 30.7. The van der Waals surface area contributed by atoms with E-state index in [1.165, 1.54) is 23.2 Å². The minimum absolute atomic E-state index is 0.00618. The van der Waals surface area contributed by atoms with E-state index in [2.05, 4.69) is 58.9 Å². The number of ether oxygens (including phenoxy) is 3. The van der Waals surface area contributed by atoms with E-state index in [9.17, 15) is 43.3 Å². The van der Waals surface area contributed by atoms with Crippen LogP contribution in [-0.4, -0.2) is 110 Å². The van der Waals surface area contributed by atoms with Crippen LogP contribution >= 0.6 is 38.0 Å². The molecule has 318 valence electrons. The lowest BCUT2D eigenvalue weighted by Crippen LogP contribution is -2.47. The number of allylic oxidation sites excluding steroid dienone is 1. The second-order valence-electron chi connectivity index (χ2n) is 13.4. The van der Waals surface area contributed by atoms with Gasteiger partial charge in [-0.25, -0.2) is 29.1 Å². The van der Waals surface area contributed by atoms with Gasteiger partial charge in [0.2, 0.25) is 5.91 Å². The summed E-state index contributed by atoms with van der Waals surface area (Å²) in [6, 6.07) is 7.15. The fourth-order valence-electron chi connectivity index (χ4n) is 6.55. The fraction of sp³-hybridized carbons (Fsp3) is 0.424. The monoisotopic (exact) mass is 975 g/mol. The number of aromatic nitrogens is 6. The SMILES string of the molecule is C=CCCC(=O)N[C@@H](Cc1ccccc1I)C(=O)O[C@@H]1C(COP(=O)(O)[C@H]2C[C@H](n3ccc(N)nc3=O)O[C@@H]2COP(=O)(O)O)O[C@@H](n2cnc3c(N)ncnc32)[C@@H]1O. The van der Waals surface area contributed by atoms with Crippen LogP contribution in [-0.2, 0) is 48.4 Å². The van der Waals surface area contributed by atoms with E-state index < -0.39 is 101 Å². The third-order valence-corrected chi connectivity index (χ3v) is 12.9. The summed E-state index contributed by atoms with van der Waals surface area (Å²) in [5.41, 5.74) is 10.1. The van der Waals surface area contributed by atoms with Crippen molar-refractivity contribution in [3.8, 4) is 0 Å². The molecule has 26 heteroatoms. The fourth-order valence-corrected chi connectivity index (χ4v) is 9.07. The Morgan fingerprint density at radius 3 is 2.53 bits per heavy atom. The van der Waals surface area contributed by atoms with Crippen molar-refractivity contribution < 1.29 is 61.8 Å². The van der Waals surface area contributed by atoms with E-state index in [1.54, 1.807) is 24.3 Å². The summed E-state index contributed by atoms with van der Waals surface area (Å²) in [5, 5.41) is 14.4. The number of phosphoric acid groups is 1. The summed E-state index contributed by atoms with van der Waals surface area (Å²) in [6.45, 7) is 1.90. The van der Waals surface area contributed by atoms with Crippen LogP contribution in [0.1, 0.15) is 37.3 Å². The number of amides is 1. The number of imidazole rings is 1. The average Bonchev–Trinajstić information content (AvgIpc) is 3.89. The molecule has 3 aromatic heterocycles. The molecule has 0 aliphatic carbocycles. The number of aliphatic hydroxyl groups excluding tert-OH is 1. The summed E-state index contributed by atoms with van der Waals surface area (Å²) in [7, 11) is -10.1. The van der Waals surface area contributed by atoms with Crippen molar-refractivity contribution in [2.24, 2.45) is 0 Å². The normalized spacial score (nSPS) is 24.7. The Bertz CT molecular complexity index is 2350. The van der Waals surface area contributed by atoms with Gasteiger partial charge in [-0.1, -0.05) is 24.3 Å². The summed E-state index contributed by atoms with van der Waals surface area (Å²) >= 11 is 2.09. The second kappa shape index (κ2) is 18.6. The Hall–Kier alpha value is -4.20. The number of rotatable bonds is 17. The third kappa shape index (κ3) is 10.6. The maximum atomic E-state index is 14.1. The van der Waals surface area contributed by atoms with Gasteiger partial charge in [0.1, 0.15) is 42.1 Å². The second-order valence-corrected chi connectivity index (χ2v) is 17.9. The molecule has 4 aromatic rings. The summed E-state index contributed by atoms with van der Waals surface area (Å²) in [6.07, 6.45) is -3.90. The average molecular weight is 976 g/mol. The molecule has 9 N–H and O–H groups in total. The Labute approximate surface area is 348 Å². The first-order chi connectivity index (χ1) is 28.0. The standard InChI is InChI=1S/C33H40IN9O14P2/c1-2-3-8-24(44)40-19(11-17-6-4-5-7-18(17)34)32(46)57-28-21(56-31(27(28)45)43-16-39-26-29(36)37-15-38-30(26)43)14-53-58(48,49)22-12-25(42-10-9-23(35)41-33(42)47)55-20(22)13-54-59(50,51)52/h2,4-7,9-10,15-16,19-22,25,27-28,31,45H,1,3,8,11-14H2,(H,40,44)(H,48,49)(H2,35,41,47)(H2,36,37,38)(H2,50,51,52)/t19-,20+,21?,22-,25+,27+,28+,31+/m0/s1. The number of carbonyl (C=O) groups excluding carboxylic acids is 2. The van der Waals surface area contributed by atoms with Crippen LogP contribution in [0.25, 0.3) is 11.2 Å². The number of aliphatic hydroxyl groups is 1. The van der Waals surface area contributed by atoms with E-state index in [1.807, 2.05) is 6.07 Å². The molecule has 0 spiro atoms. The number of nitrogens with two attached hydrogens (primary N) is 2. The van der Waals surface area contributed by atoms with E-state index in [4.69, 9.17) is 30.2 Å². The molecule has 2 fully saturated rings. The van der Waals surface area contributed by atoms with Gasteiger partial charge in [0.05, 0.1) is 31.3 Å². The van der Waals surface area contributed by atoms with Crippen LogP contribution < -0.4 is 22.5 Å². The third-order valence-electron chi connectivity index (χ3n) is 9.42. The van der Waals surface area contributed by atoms with Crippen LogP contribution in [0.5, 0.6) is 0 Å². The molecular weight excluding hydrogens is 935 g/mol. The highest BCUT2D eigenvalue weighted by Gasteiger charge is 2.52. The molecule has 9 atom stereocenters. The molecule has 1 aromatic carbocycles. The van der Waals surface area contributed by atoms with Gasteiger partial charge >= 0.3 is 27.1 Å². The summed E-state index contributed by atoms with van der Waals surface area (Å²) in [5.74, 6) is -1.55. The lowest BCUT2D eigenvalue weighted by Gasteiger charge is -2.27. The number of fused-ring (bicyclic) bond motifs is 1. The van der Waals surface area contributed by atoms with Gasteiger partial charge < -0.3 is 55.3 Å². The Morgan fingerprint density at radius 1 is 1.07 bits per heavy atom. The smallest absolute Gasteiger partial charge is 0.455 e. The lowest BCUT2D eigenvalue weighted by atomic mass is 10.0. The number of nitrogen functional groups attached to an aromatic ring is 2. The van der Waals surface area contributed by atoms with Gasteiger partial charge in [-0.3, -0.25) is 23.0 Å². The van der Waals surface area contributed by atoms with Crippen LogP contribution in [0.3, 0.4) is 0 Å². The number of anilines is 2. The summed E-state index contributed by atoms with van der Waals surface area (Å²) < 4.78 is 56.7. The maximum Gasteiger partial charge on any atom is 0.469 e. The van der Waals surface area contributed by atoms with Gasteiger partial charge in [-0.05, 0) is 46.7 Å². The zero-order chi connectivity index (χ0) is 42.6.